The molecule has 30 heavy (non-hydrogen) atoms. The van der Waals surface area contributed by atoms with Gasteiger partial charge in [-0.05, 0) is 64.3 Å². The van der Waals surface area contributed by atoms with Gasteiger partial charge in [0.1, 0.15) is 5.60 Å². The molecule has 0 radical (unpaired) electrons. The maximum atomic E-state index is 12.9. The highest BCUT2D eigenvalue weighted by Crippen LogP contribution is 2.54. The zero-order chi connectivity index (χ0) is 21.5. The fourth-order valence-corrected chi connectivity index (χ4v) is 5.07. The molecule has 3 amide bonds. The van der Waals surface area contributed by atoms with Crippen molar-refractivity contribution in [3.05, 3.63) is 35.4 Å². The molecule has 0 aromatic heterocycles. The van der Waals surface area contributed by atoms with Crippen molar-refractivity contribution in [1.29, 1.82) is 0 Å². The summed E-state index contributed by atoms with van der Waals surface area (Å²) in [4.78, 5) is 38.6. The standard InChI is InChI=1S/C23H31N3O4/c1-22(2,3)30-21(29)26-14-23(9-11-24-12-10-23)19(26)16-6-4-5-15(13-16)17-7-8-18(27)25-20(17)28/h4-6,13,17,19,24H,7-12,14H2,1-3H3,(H,25,27,28). The van der Waals surface area contributed by atoms with Crippen LogP contribution in [0.4, 0.5) is 4.79 Å². The summed E-state index contributed by atoms with van der Waals surface area (Å²) >= 11 is 0. The zero-order valence-electron chi connectivity index (χ0n) is 18.0. The molecule has 7 nitrogen and oxygen atoms in total. The Kier molecular flexibility index (Phi) is 5.34. The van der Waals surface area contributed by atoms with Crippen LogP contribution in [0.3, 0.4) is 0 Å². The van der Waals surface area contributed by atoms with Gasteiger partial charge in [-0.1, -0.05) is 24.3 Å². The van der Waals surface area contributed by atoms with Crippen LogP contribution < -0.4 is 10.6 Å². The van der Waals surface area contributed by atoms with Gasteiger partial charge in [-0.25, -0.2) is 4.79 Å². The van der Waals surface area contributed by atoms with E-state index in [-0.39, 0.29) is 35.3 Å². The quantitative estimate of drug-likeness (QED) is 0.728. The Morgan fingerprint density at radius 1 is 1.17 bits per heavy atom. The van der Waals surface area contributed by atoms with E-state index in [2.05, 4.69) is 10.6 Å². The van der Waals surface area contributed by atoms with Crippen molar-refractivity contribution in [3.63, 3.8) is 0 Å². The molecule has 3 aliphatic rings. The Labute approximate surface area is 177 Å². The monoisotopic (exact) mass is 413 g/mol. The molecule has 3 aliphatic heterocycles. The number of piperidine rings is 2. The number of carbonyl (C=O) groups is 3. The van der Waals surface area contributed by atoms with Gasteiger partial charge in [0.2, 0.25) is 11.8 Å². The lowest BCUT2D eigenvalue weighted by molar-refractivity contribution is -0.134. The Morgan fingerprint density at radius 3 is 2.53 bits per heavy atom. The van der Waals surface area contributed by atoms with Crippen LogP contribution in [0.5, 0.6) is 0 Å². The third-order valence-electron chi connectivity index (χ3n) is 6.47. The second-order valence-electron chi connectivity index (χ2n) is 9.80. The van der Waals surface area contributed by atoms with Gasteiger partial charge in [0, 0.05) is 18.4 Å². The van der Waals surface area contributed by atoms with Crippen LogP contribution >= 0.6 is 0 Å². The molecule has 0 bridgehead atoms. The molecule has 162 valence electrons. The molecule has 1 aromatic carbocycles. The van der Waals surface area contributed by atoms with Gasteiger partial charge in [0.15, 0.2) is 0 Å². The molecule has 2 N–H and O–H groups in total. The number of benzene rings is 1. The lowest BCUT2D eigenvalue weighted by Crippen LogP contribution is -2.63. The molecule has 0 aliphatic carbocycles. The Morgan fingerprint density at radius 2 is 1.87 bits per heavy atom. The Balaban J connectivity index is 1.63. The van der Waals surface area contributed by atoms with E-state index in [1.165, 1.54) is 0 Å². The second kappa shape index (κ2) is 7.69. The van der Waals surface area contributed by atoms with Crippen molar-refractivity contribution in [3.8, 4) is 0 Å². The van der Waals surface area contributed by atoms with E-state index in [9.17, 15) is 14.4 Å². The van der Waals surface area contributed by atoms with Gasteiger partial charge in [0.05, 0.1) is 12.0 Å². The van der Waals surface area contributed by atoms with Crippen molar-refractivity contribution in [2.45, 2.75) is 64.0 Å². The lowest BCUT2D eigenvalue weighted by atomic mass is 9.63. The van der Waals surface area contributed by atoms with Crippen molar-refractivity contribution in [1.82, 2.24) is 15.5 Å². The number of imide groups is 1. The van der Waals surface area contributed by atoms with Gasteiger partial charge >= 0.3 is 6.09 Å². The summed E-state index contributed by atoms with van der Waals surface area (Å²) in [6.07, 6.45) is 2.58. The SMILES string of the molecule is CC(C)(C)OC(=O)N1CC2(CCNCC2)C1c1cccc(C2CCC(=O)NC2=O)c1. The van der Waals surface area contributed by atoms with Crippen LogP contribution in [-0.4, -0.2) is 48.0 Å². The number of nitrogens with one attached hydrogen (secondary N) is 2. The van der Waals surface area contributed by atoms with Gasteiger partial charge < -0.3 is 10.1 Å². The Bertz CT molecular complexity index is 854. The van der Waals surface area contributed by atoms with Crippen molar-refractivity contribution < 1.29 is 19.1 Å². The van der Waals surface area contributed by atoms with Crippen molar-refractivity contribution in [2.75, 3.05) is 19.6 Å². The smallest absolute Gasteiger partial charge is 0.410 e. The molecular weight excluding hydrogens is 382 g/mol. The molecular formula is C23H31N3O4. The first-order chi connectivity index (χ1) is 14.2. The predicted molar refractivity (Wildman–Crippen MR) is 112 cm³/mol. The average Bonchev–Trinajstić information content (AvgIpc) is 2.66. The minimum absolute atomic E-state index is 0.0333. The predicted octanol–water partition coefficient (Wildman–Crippen LogP) is 2.87. The summed E-state index contributed by atoms with van der Waals surface area (Å²) in [6.45, 7) is 8.20. The van der Waals surface area contributed by atoms with Crippen LogP contribution in [0.2, 0.25) is 0 Å². The van der Waals surface area contributed by atoms with Crippen LogP contribution in [-0.2, 0) is 14.3 Å². The van der Waals surface area contributed by atoms with E-state index < -0.39 is 5.60 Å². The fourth-order valence-electron chi connectivity index (χ4n) is 5.07. The van der Waals surface area contributed by atoms with E-state index >= 15 is 0 Å². The molecule has 3 heterocycles. The number of carbonyl (C=O) groups excluding carboxylic acids is 3. The van der Waals surface area contributed by atoms with Crippen molar-refractivity contribution in [2.24, 2.45) is 5.41 Å². The minimum Gasteiger partial charge on any atom is -0.444 e. The number of nitrogens with zero attached hydrogens (tertiary/aromatic N) is 1. The first kappa shape index (κ1) is 20.8. The Hall–Kier alpha value is -2.41. The first-order valence-electron chi connectivity index (χ1n) is 10.8. The van der Waals surface area contributed by atoms with E-state index in [4.69, 9.17) is 4.74 Å². The second-order valence-corrected chi connectivity index (χ2v) is 9.80. The number of amides is 3. The number of hydrogen-bond donors (Lipinski definition) is 2. The molecule has 0 saturated carbocycles. The summed E-state index contributed by atoms with van der Waals surface area (Å²) in [6, 6.07) is 7.91. The van der Waals surface area contributed by atoms with Gasteiger partial charge in [0.25, 0.3) is 0 Å². The molecule has 7 heteroatoms. The summed E-state index contributed by atoms with van der Waals surface area (Å²) in [5.74, 6) is -0.782. The highest BCUT2D eigenvalue weighted by atomic mass is 16.6. The molecule has 2 unspecified atom stereocenters. The molecule has 2 atom stereocenters. The van der Waals surface area contributed by atoms with E-state index in [1.54, 1.807) is 0 Å². The first-order valence-corrected chi connectivity index (χ1v) is 10.8. The topological polar surface area (TPSA) is 87.7 Å². The average molecular weight is 414 g/mol. The summed E-state index contributed by atoms with van der Waals surface area (Å²) in [5.41, 5.74) is 1.42. The molecule has 1 spiro atoms. The van der Waals surface area contributed by atoms with Gasteiger partial charge in [-0.2, -0.15) is 0 Å². The summed E-state index contributed by atoms with van der Waals surface area (Å²) in [5, 5.41) is 5.86. The zero-order valence-corrected chi connectivity index (χ0v) is 18.0. The molecule has 1 aromatic rings. The van der Waals surface area contributed by atoms with Crippen LogP contribution in [0, 0.1) is 5.41 Å². The van der Waals surface area contributed by atoms with Crippen LogP contribution in [0.15, 0.2) is 24.3 Å². The number of hydrogen-bond acceptors (Lipinski definition) is 5. The number of rotatable bonds is 2. The third kappa shape index (κ3) is 3.95. The lowest BCUT2D eigenvalue weighted by Gasteiger charge is -2.59. The largest absolute Gasteiger partial charge is 0.444 e. The van der Waals surface area contributed by atoms with E-state index in [0.717, 1.165) is 37.1 Å². The number of ether oxygens (including phenoxy) is 1. The maximum Gasteiger partial charge on any atom is 0.410 e. The highest BCUT2D eigenvalue weighted by Gasteiger charge is 2.56. The molecule has 4 rings (SSSR count). The van der Waals surface area contributed by atoms with Crippen molar-refractivity contribution >= 4 is 17.9 Å². The van der Waals surface area contributed by atoms with Crippen LogP contribution in [0.1, 0.15) is 69.5 Å². The van der Waals surface area contributed by atoms with Gasteiger partial charge in [-0.15, -0.1) is 0 Å². The maximum absolute atomic E-state index is 12.9. The summed E-state index contributed by atoms with van der Waals surface area (Å²) in [7, 11) is 0. The normalized spacial score (nSPS) is 26.2. The highest BCUT2D eigenvalue weighted by molar-refractivity contribution is 6.00. The molecule has 3 fully saturated rings. The fraction of sp³-hybridized carbons (Fsp3) is 0.609. The summed E-state index contributed by atoms with van der Waals surface area (Å²) < 4.78 is 5.67. The molecule has 3 saturated heterocycles. The number of likely N-dealkylation sites (tertiary alicyclic amines) is 1. The third-order valence-corrected chi connectivity index (χ3v) is 6.47. The van der Waals surface area contributed by atoms with E-state index in [0.29, 0.717) is 19.4 Å². The minimum atomic E-state index is -0.549. The van der Waals surface area contributed by atoms with E-state index in [1.807, 2.05) is 49.9 Å². The van der Waals surface area contributed by atoms with Gasteiger partial charge in [-0.3, -0.25) is 19.8 Å². The van der Waals surface area contributed by atoms with Crippen LogP contribution in [0.25, 0.3) is 0 Å².